The molecule has 36 heavy (non-hydrogen) atoms. The summed E-state index contributed by atoms with van der Waals surface area (Å²) in [7, 11) is 4.61. The van der Waals surface area contributed by atoms with Crippen molar-refractivity contribution in [2.24, 2.45) is 4.99 Å². The number of rotatable bonds is 7. The molecule has 0 radical (unpaired) electrons. The Bertz CT molecular complexity index is 1490. The van der Waals surface area contributed by atoms with Gasteiger partial charge >= 0.3 is 5.97 Å². The molecule has 0 unspecified atom stereocenters. The number of hydrogen-bond donors (Lipinski definition) is 0. The Kier molecular flexibility index (Phi) is 7.30. The molecule has 0 aliphatic carbocycles. The summed E-state index contributed by atoms with van der Waals surface area (Å²) >= 11 is 1.26. The topological polar surface area (TPSA) is 88.4 Å². The molecule has 1 aliphatic heterocycles. The monoisotopic (exact) mass is 508 g/mol. The van der Waals surface area contributed by atoms with E-state index in [0.29, 0.717) is 43.4 Å². The number of ether oxygens (including phenoxy) is 4. The molecule has 0 amide bonds. The number of nitrogens with zero attached hydrogens (tertiary/aromatic N) is 2. The van der Waals surface area contributed by atoms with E-state index in [2.05, 4.69) is 4.99 Å². The smallest absolute Gasteiger partial charge is 0.338 e. The molecular formula is C27H28N2O6S. The average molecular weight is 509 g/mol. The minimum Gasteiger partial charge on any atom is -0.493 e. The van der Waals surface area contributed by atoms with Crippen molar-refractivity contribution in [3.8, 4) is 17.2 Å². The normalized spacial score (nSPS) is 15.3. The number of esters is 1. The van der Waals surface area contributed by atoms with Gasteiger partial charge in [0.15, 0.2) is 16.3 Å². The van der Waals surface area contributed by atoms with Gasteiger partial charge in [-0.3, -0.25) is 9.36 Å². The van der Waals surface area contributed by atoms with Crippen LogP contribution in [0.2, 0.25) is 0 Å². The van der Waals surface area contributed by atoms with Gasteiger partial charge < -0.3 is 18.9 Å². The summed E-state index contributed by atoms with van der Waals surface area (Å²) in [6, 6.07) is 10.7. The molecule has 1 atom stereocenters. The summed E-state index contributed by atoms with van der Waals surface area (Å²) in [4.78, 5) is 31.9. The van der Waals surface area contributed by atoms with Gasteiger partial charge in [0.1, 0.15) is 0 Å². The van der Waals surface area contributed by atoms with Crippen molar-refractivity contribution < 1.29 is 23.7 Å². The number of carbonyl (C=O) groups excluding carboxylic acids is 1. The Morgan fingerprint density at radius 2 is 1.69 bits per heavy atom. The van der Waals surface area contributed by atoms with E-state index >= 15 is 0 Å². The van der Waals surface area contributed by atoms with Crippen LogP contribution in [0.1, 0.15) is 36.6 Å². The first-order valence-electron chi connectivity index (χ1n) is 11.4. The van der Waals surface area contributed by atoms with Gasteiger partial charge in [0.2, 0.25) is 5.75 Å². The van der Waals surface area contributed by atoms with E-state index in [9.17, 15) is 9.59 Å². The standard InChI is InChI=1S/C27H28N2O6S/c1-7-35-26(31)22-16(3)28-27-29(23(22)18-10-8-15(2)9-11-18)25(30)21(36-27)14-17-12-19(32-4)24(34-6)20(13-17)33-5/h8-14,23H,7H2,1-6H3/b21-14+/t23-/m1/s1. The van der Waals surface area contributed by atoms with Crippen molar-refractivity contribution in [2.75, 3.05) is 27.9 Å². The second kappa shape index (κ2) is 10.4. The number of thiazole rings is 1. The molecule has 8 nitrogen and oxygen atoms in total. The number of benzene rings is 2. The van der Waals surface area contributed by atoms with Crippen LogP contribution in [0.3, 0.4) is 0 Å². The summed E-state index contributed by atoms with van der Waals surface area (Å²) in [5, 5.41) is 0. The van der Waals surface area contributed by atoms with Crippen LogP contribution >= 0.6 is 11.3 Å². The Morgan fingerprint density at radius 1 is 1.06 bits per heavy atom. The van der Waals surface area contributed by atoms with Crippen LogP contribution in [-0.4, -0.2) is 38.5 Å². The molecule has 0 fully saturated rings. The van der Waals surface area contributed by atoms with Crippen LogP contribution in [0, 0.1) is 6.92 Å². The van der Waals surface area contributed by atoms with Gasteiger partial charge in [0.05, 0.1) is 49.8 Å². The Hall–Kier alpha value is -3.85. The van der Waals surface area contributed by atoms with Gasteiger partial charge in [-0.15, -0.1) is 0 Å². The van der Waals surface area contributed by atoms with Gasteiger partial charge in [-0.25, -0.2) is 9.79 Å². The first kappa shape index (κ1) is 25.2. The Morgan fingerprint density at radius 3 is 2.25 bits per heavy atom. The van der Waals surface area contributed by atoms with E-state index in [4.69, 9.17) is 18.9 Å². The SMILES string of the molecule is CCOC(=O)C1=C(C)N=c2s/c(=C/c3cc(OC)c(OC)c(OC)c3)c(=O)n2[C@@H]1c1ccc(C)cc1. The van der Waals surface area contributed by atoms with Crippen LogP contribution in [0.5, 0.6) is 17.2 Å². The van der Waals surface area contributed by atoms with E-state index in [-0.39, 0.29) is 12.2 Å². The number of aromatic nitrogens is 1. The second-order valence-electron chi connectivity index (χ2n) is 8.17. The maximum Gasteiger partial charge on any atom is 0.338 e. The lowest BCUT2D eigenvalue weighted by molar-refractivity contribution is -0.139. The minimum absolute atomic E-state index is 0.224. The first-order chi connectivity index (χ1) is 17.3. The quantitative estimate of drug-likeness (QED) is 0.456. The second-order valence-corrected chi connectivity index (χ2v) is 9.18. The van der Waals surface area contributed by atoms with Crippen LogP contribution in [0.15, 0.2) is 57.5 Å². The fraction of sp³-hybridized carbons (Fsp3) is 0.296. The fourth-order valence-electron chi connectivity index (χ4n) is 4.19. The zero-order valence-electron chi connectivity index (χ0n) is 21.1. The van der Waals surface area contributed by atoms with Crippen molar-refractivity contribution in [3.05, 3.63) is 84.0 Å². The molecule has 0 saturated heterocycles. The van der Waals surface area contributed by atoms with E-state index < -0.39 is 12.0 Å². The molecule has 2 heterocycles. The summed E-state index contributed by atoms with van der Waals surface area (Å²) < 4.78 is 23.7. The minimum atomic E-state index is -0.650. The van der Waals surface area contributed by atoms with Gasteiger partial charge in [-0.05, 0) is 50.1 Å². The van der Waals surface area contributed by atoms with E-state index in [1.54, 1.807) is 36.6 Å². The van der Waals surface area contributed by atoms with Crippen molar-refractivity contribution in [3.63, 3.8) is 0 Å². The summed E-state index contributed by atoms with van der Waals surface area (Å²) in [5.41, 5.74) is 3.20. The molecule has 0 bridgehead atoms. The predicted molar refractivity (Wildman–Crippen MR) is 138 cm³/mol. The van der Waals surface area contributed by atoms with Crippen LogP contribution in [0.25, 0.3) is 6.08 Å². The lowest BCUT2D eigenvalue weighted by Crippen LogP contribution is -2.39. The van der Waals surface area contributed by atoms with Gasteiger partial charge in [0, 0.05) is 0 Å². The molecule has 0 saturated carbocycles. The predicted octanol–water partition coefficient (Wildman–Crippen LogP) is 3.13. The van der Waals surface area contributed by atoms with Gasteiger partial charge in [0.25, 0.3) is 5.56 Å². The summed E-state index contributed by atoms with van der Waals surface area (Å²) in [5.74, 6) is 0.943. The first-order valence-corrected chi connectivity index (χ1v) is 12.2. The molecule has 3 aromatic rings. The molecule has 4 rings (SSSR count). The van der Waals surface area contributed by atoms with Crippen LogP contribution in [-0.2, 0) is 9.53 Å². The van der Waals surface area contributed by atoms with E-state index in [1.807, 2.05) is 31.2 Å². The number of methoxy groups -OCH3 is 3. The maximum atomic E-state index is 13.8. The molecule has 0 spiro atoms. The highest BCUT2D eigenvalue weighted by Gasteiger charge is 2.33. The third kappa shape index (κ3) is 4.54. The van der Waals surface area contributed by atoms with E-state index in [0.717, 1.165) is 11.1 Å². The highest BCUT2D eigenvalue weighted by atomic mass is 32.1. The molecule has 1 aromatic heterocycles. The summed E-state index contributed by atoms with van der Waals surface area (Å²) in [6.45, 7) is 5.73. The Labute approximate surface area is 212 Å². The molecule has 0 N–H and O–H groups in total. The van der Waals surface area contributed by atoms with E-state index in [1.165, 1.54) is 32.7 Å². The molecule has 2 aromatic carbocycles. The molecule has 1 aliphatic rings. The van der Waals surface area contributed by atoms with Crippen LogP contribution < -0.4 is 29.1 Å². The number of allylic oxidation sites excluding steroid dienone is 1. The number of carbonyl (C=O) groups is 1. The maximum absolute atomic E-state index is 13.8. The molecule has 188 valence electrons. The zero-order chi connectivity index (χ0) is 26.0. The van der Waals surface area contributed by atoms with Crippen molar-refractivity contribution in [2.45, 2.75) is 26.8 Å². The molecule has 9 heteroatoms. The lowest BCUT2D eigenvalue weighted by Gasteiger charge is -2.24. The summed E-state index contributed by atoms with van der Waals surface area (Å²) in [6.07, 6.45) is 1.75. The molecular weight excluding hydrogens is 480 g/mol. The fourth-order valence-corrected chi connectivity index (χ4v) is 5.24. The van der Waals surface area contributed by atoms with Crippen molar-refractivity contribution in [1.29, 1.82) is 0 Å². The van der Waals surface area contributed by atoms with Crippen molar-refractivity contribution in [1.82, 2.24) is 4.57 Å². The highest BCUT2D eigenvalue weighted by molar-refractivity contribution is 7.07. The number of fused-ring (bicyclic) bond motifs is 1. The van der Waals surface area contributed by atoms with Gasteiger partial charge in [-0.1, -0.05) is 41.2 Å². The van der Waals surface area contributed by atoms with Crippen LogP contribution in [0.4, 0.5) is 0 Å². The third-order valence-corrected chi connectivity index (χ3v) is 6.88. The highest BCUT2D eigenvalue weighted by Crippen LogP contribution is 2.38. The van der Waals surface area contributed by atoms with Crippen molar-refractivity contribution >= 4 is 23.4 Å². The average Bonchev–Trinajstić information content (AvgIpc) is 3.17. The lowest BCUT2D eigenvalue weighted by atomic mass is 9.95. The largest absolute Gasteiger partial charge is 0.493 e. The van der Waals surface area contributed by atoms with Gasteiger partial charge in [-0.2, -0.15) is 0 Å². The number of hydrogen-bond acceptors (Lipinski definition) is 8. The Balaban J connectivity index is 1.94. The third-order valence-electron chi connectivity index (χ3n) is 5.89. The zero-order valence-corrected chi connectivity index (χ0v) is 21.9. The number of aryl methyl sites for hydroxylation is 1.